The van der Waals surface area contributed by atoms with Crippen molar-refractivity contribution in [1.82, 2.24) is 4.98 Å². The SMILES string of the molecule is CC(C)(C)c1ccc(S(=O)(=O)Nc2cc(F)c(F)cc2C(=O)c2ccncc2)cc1. The fourth-order valence-electron chi connectivity index (χ4n) is 2.82. The van der Waals surface area contributed by atoms with Gasteiger partial charge in [0.15, 0.2) is 17.4 Å². The smallest absolute Gasteiger partial charge is 0.261 e. The first-order valence-corrected chi connectivity index (χ1v) is 10.5. The third-order valence-corrected chi connectivity index (χ3v) is 5.90. The first-order valence-electron chi connectivity index (χ1n) is 9.06. The predicted molar refractivity (Wildman–Crippen MR) is 110 cm³/mol. The van der Waals surface area contributed by atoms with Gasteiger partial charge in [-0.2, -0.15) is 0 Å². The van der Waals surface area contributed by atoms with Crippen LogP contribution in [0.1, 0.15) is 42.3 Å². The number of benzene rings is 2. The molecule has 0 bridgehead atoms. The quantitative estimate of drug-likeness (QED) is 0.596. The highest BCUT2D eigenvalue weighted by atomic mass is 32.2. The average Bonchev–Trinajstić information content (AvgIpc) is 2.70. The molecule has 1 N–H and O–H groups in total. The molecule has 5 nitrogen and oxygen atoms in total. The van der Waals surface area contributed by atoms with Crippen molar-refractivity contribution in [3.8, 4) is 0 Å². The lowest BCUT2D eigenvalue weighted by molar-refractivity contribution is 0.103. The number of anilines is 1. The summed E-state index contributed by atoms with van der Waals surface area (Å²) in [6.07, 6.45) is 2.74. The van der Waals surface area contributed by atoms with Gasteiger partial charge in [0.2, 0.25) is 0 Å². The summed E-state index contributed by atoms with van der Waals surface area (Å²) in [7, 11) is -4.15. The summed E-state index contributed by atoms with van der Waals surface area (Å²) < 4.78 is 55.5. The molecule has 0 aliphatic rings. The lowest BCUT2D eigenvalue weighted by Crippen LogP contribution is -2.17. The van der Waals surface area contributed by atoms with Crippen LogP contribution >= 0.6 is 0 Å². The summed E-state index contributed by atoms with van der Waals surface area (Å²) >= 11 is 0. The van der Waals surface area contributed by atoms with Crippen LogP contribution in [0.25, 0.3) is 0 Å². The molecule has 0 aliphatic heterocycles. The number of nitrogens with zero attached hydrogens (tertiary/aromatic N) is 1. The molecule has 0 saturated carbocycles. The van der Waals surface area contributed by atoms with Crippen LogP contribution in [0.4, 0.5) is 14.5 Å². The van der Waals surface area contributed by atoms with Gasteiger partial charge >= 0.3 is 0 Å². The zero-order valence-corrected chi connectivity index (χ0v) is 17.4. The number of hydrogen-bond donors (Lipinski definition) is 1. The molecule has 0 aliphatic carbocycles. The zero-order chi connectivity index (χ0) is 22.1. The van der Waals surface area contributed by atoms with Gasteiger partial charge in [-0.1, -0.05) is 32.9 Å². The van der Waals surface area contributed by atoms with Crippen molar-refractivity contribution >= 4 is 21.5 Å². The molecule has 3 rings (SSSR count). The van der Waals surface area contributed by atoms with Gasteiger partial charge in [0.1, 0.15) is 0 Å². The Morgan fingerprint density at radius 2 is 1.50 bits per heavy atom. The fraction of sp³-hybridized carbons (Fsp3) is 0.182. The molecule has 0 radical (unpaired) electrons. The highest BCUT2D eigenvalue weighted by Crippen LogP contribution is 2.27. The van der Waals surface area contributed by atoms with Gasteiger partial charge in [-0.15, -0.1) is 0 Å². The van der Waals surface area contributed by atoms with Crippen LogP contribution in [-0.4, -0.2) is 19.2 Å². The molecular formula is C22H20F2N2O3S. The Morgan fingerprint density at radius 1 is 0.933 bits per heavy atom. The molecule has 0 atom stereocenters. The number of carbonyl (C=O) groups is 1. The summed E-state index contributed by atoms with van der Waals surface area (Å²) in [5, 5.41) is 0. The van der Waals surface area contributed by atoms with Crippen molar-refractivity contribution < 1.29 is 22.0 Å². The van der Waals surface area contributed by atoms with E-state index in [-0.39, 0.29) is 27.1 Å². The largest absolute Gasteiger partial charge is 0.289 e. The van der Waals surface area contributed by atoms with E-state index >= 15 is 0 Å². The monoisotopic (exact) mass is 430 g/mol. The summed E-state index contributed by atoms with van der Waals surface area (Å²) in [5.41, 5.74) is 0.263. The van der Waals surface area contributed by atoms with E-state index < -0.39 is 27.4 Å². The molecule has 0 spiro atoms. The van der Waals surface area contributed by atoms with Crippen LogP contribution < -0.4 is 4.72 Å². The Hall–Kier alpha value is -3.13. The number of aromatic nitrogens is 1. The van der Waals surface area contributed by atoms with E-state index in [4.69, 9.17) is 0 Å². The minimum Gasteiger partial charge on any atom is -0.289 e. The number of sulfonamides is 1. The standard InChI is InChI=1S/C22H20F2N2O3S/c1-22(2,3)15-4-6-16(7-5-15)30(28,29)26-20-13-19(24)18(23)12-17(20)21(27)14-8-10-25-11-9-14/h4-13,26H,1-3H3. The molecule has 156 valence electrons. The maximum absolute atomic E-state index is 13.9. The summed E-state index contributed by atoms with van der Waals surface area (Å²) in [5.74, 6) is -3.20. The highest BCUT2D eigenvalue weighted by molar-refractivity contribution is 7.92. The van der Waals surface area contributed by atoms with Crippen LogP contribution in [-0.2, 0) is 15.4 Å². The molecule has 30 heavy (non-hydrogen) atoms. The van der Waals surface area contributed by atoms with Gasteiger partial charge in [-0.25, -0.2) is 17.2 Å². The number of pyridine rings is 1. The first-order chi connectivity index (χ1) is 14.0. The van der Waals surface area contributed by atoms with Crippen LogP contribution in [0.3, 0.4) is 0 Å². The van der Waals surface area contributed by atoms with Crippen molar-refractivity contribution in [2.75, 3.05) is 4.72 Å². The summed E-state index contributed by atoms with van der Waals surface area (Å²) in [4.78, 5) is 16.5. The lowest BCUT2D eigenvalue weighted by atomic mass is 9.87. The second-order valence-corrected chi connectivity index (χ2v) is 9.44. The Balaban J connectivity index is 2.01. The molecule has 8 heteroatoms. The minimum atomic E-state index is -4.15. The van der Waals surface area contributed by atoms with Crippen molar-refractivity contribution in [3.05, 3.63) is 89.2 Å². The maximum Gasteiger partial charge on any atom is 0.261 e. The van der Waals surface area contributed by atoms with Crippen molar-refractivity contribution in [3.63, 3.8) is 0 Å². The number of rotatable bonds is 5. The lowest BCUT2D eigenvalue weighted by Gasteiger charge is -2.19. The molecule has 1 aromatic heterocycles. The Kier molecular flexibility index (Phi) is 5.72. The Labute approximate surface area is 173 Å². The van der Waals surface area contributed by atoms with Crippen LogP contribution in [0.15, 0.2) is 65.8 Å². The highest BCUT2D eigenvalue weighted by Gasteiger charge is 2.23. The molecule has 2 aromatic carbocycles. The predicted octanol–water partition coefficient (Wildman–Crippen LogP) is 4.69. The number of ketones is 1. The van der Waals surface area contributed by atoms with E-state index in [1.54, 1.807) is 12.1 Å². The topological polar surface area (TPSA) is 76.1 Å². The number of hydrogen-bond acceptors (Lipinski definition) is 4. The van der Waals surface area contributed by atoms with E-state index in [0.717, 1.165) is 5.56 Å². The van der Waals surface area contributed by atoms with Crippen LogP contribution in [0.5, 0.6) is 0 Å². The Morgan fingerprint density at radius 3 is 2.07 bits per heavy atom. The van der Waals surface area contributed by atoms with Crippen molar-refractivity contribution in [2.24, 2.45) is 0 Å². The number of carbonyl (C=O) groups excluding carboxylic acids is 1. The van der Waals surface area contributed by atoms with Crippen molar-refractivity contribution in [1.29, 1.82) is 0 Å². The first kappa shape index (κ1) is 21.6. The van der Waals surface area contributed by atoms with Gasteiger partial charge < -0.3 is 0 Å². The van der Waals surface area contributed by atoms with E-state index in [1.165, 1.54) is 36.7 Å². The molecule has 3 aromatic rings. The number of halogens is 2. The minimum absolute atomic E-state index is 0.0671. The van der Waals surface area contributed by atoms with E-state index in [0.29, 0.717) is 12.1 Å². The van der Waals surface area contributed by atoms with Crippen molar-refractivity contribution in [2.45, 2.75) is 31.1 Å². The summed E-state index contributed by atoms with van der Waals surface area (Å²) in [6.45, 7) is 5.98. The fourth-order valence-corrected chi connectivity index (χ4v) is 3.89. The van der Waals surface area contributed by atoms with Crippen LogP contribution in [0.2, 0.25) is 0 Å². The maximum atomic E-state index is 13.9. The van der Waals surface area contributed by atoms with Gasteiger partial charge in [0.25, 0.3) is 10.0 Å². The second-order valence-electron chi connectivity index (χ2n) is 7.76. The third kappa shape index (κ3) is 4.54. The normalized spacial score (nSPS) is 11.9. The van der Waals surface area contributed by atoms with Gasteiger partial charge in [-0.3, -0.25) is 14.5 Å². The van der Waals surface area contributed by atoms with Gasteiger partial charge in [0, 0.05) is 29.6 Å². The molecule has 0 amide bonds. The van der Waals surface area contributed by atoms with Crippen LogP contribution in [0, 0.1) is 11.6 Å². The molecule has 1 heterocycles. The van der Waals surface area contributed by atoms with E-state index in [9.17, 15) is 22.0 Å². The van der Waals surface area contributed by atoms with E-state index in [1.807, 2.05) is 20.8 Å². The molecule has 0 fully saturated rings. The molecule has 0 saturated heterocycles. The molecule has 0 unspecified atom stereocenters. The second kappa shape index (κ2) is 7.95. The number of nitrogens with one attached hydrogen (secondary N) is 1. The molecular weight excluding hydrogens is 410 g/mol. The summed E-state index contributed by atoms with van der Waals surface area (Å²) in [6, 6.07) is 10.3. The zero-order valence-electron chi connectivity index (χ0n) is 16.6. The average molecular weight is 430 g/mol. The Bertz CT molecular complexity index is 1190. The van der Waals surface area contributed by atoms with Gasteiger partial charge in [-0.05, 0) is 41.3 Å². The van der Waals surface area contributed by atoms with E-state index in [2.05, 4.69) is 9.71 Å². The van der Waals surface area contributed by atoms with Gasteiger partial charge in [0.05, 0.1) is 10.6 Å². The third-order valence-electron chi connectivity index (χ3n) is 4.52.